The van der Waals surface area contributed by atoms with Gasteiger partial charge >= 0.3 is 0 Å². The zero-order valence-electron chi connectivity index (χ0n) is 12.2. The second kappa shape index (κ2) is 4.76. The summed E-state index contributed by atoms with van der Waals surface area (Å²) in [5, 5.41) is 3.16. The SMILES string of the molecule is Cn1ccc(C(=O)NC2CCn3ccnc32)c1C1CCC1. The van der Waals surface area contributed by atoms with Gasteiger partial charge in [0.05, 0.1) is 11.6 Å². The fourth-order valence-electron chi connectivity index (χ4n) is 3.51. The standard InChI is InChI=1S/C16H20N4O/c1-19-8-5-12(14(19)11-3-2-4-11)16(21)18-13-6-9-20-10-7-17-15(13)20/h5,7-8,10-11,13H,2-4,6,9H2,1H3,(H,18,21). The number of fused-ring (bicyclic) bond motifs is 1. The van der Waals surface area contributed by atoms with E-state index in [4.69, 9.17) is 0 Å². The normalized spacial score (nSPS) is 21.1. The molecule has 2 aromatic rings. The average molecular weight is 284 g/mol. The van der Waals surface area contributed by atoms with E-state index in [0.717, 1.165) is 24.4 Å². The first-order valence-corrected chi connectivity index (χ1v) is 7.71. The Morgan fingerprint density at radius 1 is 1.33 bits per heavy atom. The molecule has 2 aromatic heterocycles. The van der Waals surface area contributed by atoms with E-state index in [9.17, 15) is 4.79 Å². The molecule has 0 saturated heterocycles. The smallest absolute Gasteiger partial charge is 0.253 e. The summed E-state index contributed by atoms with van der Waals surface area (Å²) in [6.07, 6.45) is 10.4. The van der Waals surface area contributed by atoms with Gasteiger partial charge in [-0.05, 0) is 31.2 Å². The highest BCUT2D eigenvalue weighted by Crippen LogP contribution is 2.38. The second-order valence-electron chi connectivity index (χ2n) is 6.15. The van der Waals surface area contributed by atoms with Gasteiger partial charge < -0.3 is 14.5 Å². The zero-order valence-corrected chi connectivity index (χ0v) is 12.2. The van der Waals surface area contributed by atoms with Gasteiger partial charge in [0.15, 0.2) is 0 Å². The molecule has 0 spiro atoms. The van der Waals surface area contributed by atoms with Crippen molar-refractivity contribution in [3.8, 4) is 0 Å². The summed E-state index contributed by atoms with van der Waals surface area (Å²) < 4.78 is 4.22. The van der Waals surface area contributed by atoms with Crippen LogP contribution in [0.3, 0.4) is 0 Å². The number of imidazole rings is 1. The van der Waals surface area contributed by atoms with Gasteiger partial charge in [0, 0.05) is 37.9 Å². The Morgan fingerprint density at radius 3 is 2.95 bits per heavy atom. The Morgan fingerprint density at radius 2 is 2.19 bits per heavy atom. The number of nitrogens with one attached hydrogen (secondary N) is 1. The number of aryl methyl sites for hydroxylation is 2. The number of hydrogen-bond donors (Lipinski definition) is 1. The molecule has 1 unspecified atom stereocenters. The summed E-state index contributed by atoms with van der Waals surface area (Å²) in [5.41, 5.74) is 2.03. The second-order valence-corrected chi connectivity index (χ2v) is 6.15. The van der Waals surface area contributed by atoms with Crippen molar-refractivity contribution >= 4 is 5.91 Å². The first-order valence-electron chi connectivity index (χ1n) is 7.71. The van der Waals surface area contributed by atoms with Gasteiger partial charge in [-0.15, -0.1) is 0 Å². The molecule has 3 heterocycles. The van der Waals surface area contributed by atoms with Gasteiger partial charge in [-0.3, -0.25) is 4.79 Å². The minimum atomic E-state index is 0.0407. The van der Waals surface area contributed by atoms with Crippen LogP contribution < -0.4 is 5.32 Å². The van der Waals surface area contributed by atoms with Gasteiger partial charge in [-0.2, -0.15) is 0 Å². The van der Waals surface area contributed by atoms with Crippen molar-refractivity contribution in [2.45, 2.75) is 44.2 Å². The van der Waals surface area contributed by atoms with Crippen LogP contribution in [0.4, 0.5) is 0 Å². The van der Waals surface area contributed by atoms with Crippen molar-refractivity contribution in [2.24, 2.45) is 7.05 Å². The van der Waals surface area contributed by atoms with Gasteiger partial charge in [-0.25, -0.2) is 4.98 Å². The van der Waals surface area contributed by atoms with Crippen molar-refractivity contribution in [1.29, 1.82) is 0 Å². The van der Waals surface area contributed by atoms with Crippen molar-refractivity contribution in [3.05, 3.63) is 41.7 Å². The molecule has 5 nitrogen and oxygen atoms in total. The van der Waals surface area contributed by atoms with E-state index in [2.05, 4.69) is 19.4 Å². The van der Waals surface area contributed by atoms with E-state index in [1.54, 1.807) is 6.20 Å². The van der Waals surface area contributed by atoms with E-state index >= 15 is 0 Å². The number of carbonyl (C=O) groups excluding carboxylic acids is 1. The van der Waals surface area contributed by atoms with Crippen LogP contribution in [-0.2, 0) is 13.6 Å². The van der Waals surface area contributed by atoms with Gasteiger partial charge in [-0.1, -0.05) is 6.42 Å². The van der Waals surface area contributed by atoms with Gasteiger partial charge in [0.1, 0.15) is 5.82 Å². The highest BCUT2D eigenvalue weighted by atomic mass is 16.1. The van der Waals surface area contributed by atoms with E-state index in [1.165, 1.54) is 25.0 Å². The Balaban J connectivity index is 1.56. The first-order chi connectivity index (χ1) is 10.2. The lowest BCUT2D eigenvalue weighted by Crippen LogP contribution is -2.29. The van der Waals surface area contributed by atoms with Crippen LogP contribution in [0.5, 0.6) is 0 Å². The maximum atomic E-state index is 12.6. The molecule has 21 heavy (non-hydrogen) atoms. The van der Waals surface area contributed by atoms with Crippen molar-refractivity contribution in [3.63, 3.8) is 0 Å². The van der Waals surface area contributed by atoms with E-state index in [1.807, 2.05) is 25.5 Å². The predicted octanol–water partition coefficient (Wildman–Crippen LogP) is 2.36. The summed E-state index contributed by atoms with van der Waals surface area (Å²) in [5.74, 6) is 1.57. The summed E-state index contributed by atoms with van der Waals surface area (Å²) in [6, 6.07) is 1.99. The molecule has 110 valence electrons. The highest BCUT2D eigenvalue weighted by molar-refractivity contribution is 5.96. The topological polar surface area (TPSA) is 51.9 Å². The van der Waals surface area contributed by atoms with Crippen molar-refractivity contribution < 1.29 is 4.79 Å². The molecule has 1 saturated carbocycles. The molecule has 0 bridgehead atoms. The maximum absolute atomic E-state index is 12.6. The van der Waals surface area contributed by atoms with E-state index < -0.39 is 0 Å². The molecule has 0 aromatic carbocycles. The Kier molecular flexibility index (Phi) is 2.87. The number of amides is 1. The van der Waals surface area contributed by atoms with Gasteiger partial charge in [0.25, 0.3) is 5.91 Å². The molecule has 1 fully saturated rings. The van der Waals surface area contributed by atoms with E-state index in [0.29, 0.717) is 5.92 Å². The van der Waals surface area contributed by atoms with Crippen molar-refractivity contribution in [1.82, 2.24) is 19.4 Å². The van der Waals surface area contributed by atoms with Crippen LogP contribution in [0.15, 0.2) is 24.7 Å². The minimum Gasteiger partial charge on any atom is -0.353 e. The lowest BCUT2D eigenvalue weighted by atomic mass is 9.81. The largest absolute Gasteiger partial charge is 0.353 e. The number of nitrogens with zero attached hydrogens (tertiary/aromatic N) is 3. The molecule has 1 aliphatic carbocycles. The summed E-state index contributed by atoms with van der Waals surface area (Å²) in [7, 11) is 2.03. The number of hydrogen-bond acceptors (Lipinski definition) is 2. The third-order valence-corrected chi connectivity index (χ3v) is 4.88. The minimum absolute atomic E-state index is 0.0407. The average Bonchev–Trinajstić information content (AvgIpc) is 3.07. The van der Waals surface area contributed by atoms with Crippen LogP contribution in [0.25, 0.3) is 0 Å². The lowest BCUT2D eigenvalue weighted by Gasteiger charge is -2.27. The molecule has 1 amide bonds. The van der Waals surface area contributed by atoms with Gasteiger partial charge in [0.2, 0.25) is 0 Å². The molecule has 1 N–H and O–H groups in total. The Labute approximate surface area is 124 Å². The molecule has 4 rings (SSSR count). The summed E-state index contributed by atoms with van der Waals surface area (Å²) in [4.78, 5) is 17.0. The zero-order chi connectivity index (χ0) is 14.4. The lowest BCUT2D eigenvalue weighted by molar-refractivity contribution is 0.0933. The molecule has 5 heteroatoms. The molecular weight excluding hydrogens is 264 g/mol. The molecule has 1 aliphatic heterocycles. The number of aromatic nitrogens is 3. The first kappa shape index (κ1) is 12.7. The molecule has 1 atom stereocenters. The third kappa shape index (κ3) is 1.99. The Bertz CT molecular complexity index is 680. The number of rotatable bonds is 3. The third-order valence-electron chi connectivity index (χ3n) is 4.88. The highest BCUT2D eigenvalue weighted by Gasteiger charge is 2.30. The van der Waals surface area contributed by atoms with Crippen LogP contribution in [0, 0.1) is 0 Å². The molecular formula is C16H20N4O. The predicted molar refractivity (Wildman–Crippen MR) is 79.1 cm³/mol. The molecule has 0 radical (unpaired) electrons. The van der Waals surface area contributed by atoms with Crippen molar-refractivity contribution in [2.75, 3.05) is 0 Å². The number of carbonyl (C=O) groups is 1. The monoisotopic (exact) mass is 284 g/mol. The quantitative estimate of drug-likeness (QED) is 0.940. The van der Waals surface area contributed by atoms with Crippen LogP contribution >= 0.6 is 0 Å². The summed E-state index contributed by atoms with van der Waals surface area (Å²) in [6.45, 7) is 0.935. The van der Waals surface area contributed by atoms with Crippen LogP contribution in [0.1, 0.15) is 59.5 Å². The van der Waals surface area contributed by atoms with Crippen LogP contribution in [-0.4, -0.2) is 20.0 Å². The fraction of sp³-hybridized carbons (Fsp3) is 0.500. The van der Waals surface area contributed by atoms with E-state index in [-0.39, 0.29) is 11.9 Å². The summed E-state index contributed by atoms with van der Waals surface area (Å²) >= 11 is 0. The maximum Gasteiger partial charge on any atom is 0.253 e. The fourth-order valence-corrected chi connectivity index (χ4v) is 3.51. The van der Waals surface area contributed by atoms with Crippen LogP contribution in [0.2, 0.25) is 0 Å². The Hall–Kier alpha value is -2.04. The molecule has 2 aliphatic rings.